The van der Waals surface area contributed by atoms with E-state index in [9.17, 15) is 4.79 Å². The van der Waals surface area contributed by atoms with E-state index >= 15 is 0 Å². The number of piperazine rings is 1. The fourth-order valence-corrected chi connectivity index (χ4v) is 2.45. The largest absolute Gasteiger partial charge is 0.339 e. The molecule has 1 aromatic carbocycles. The van der Waals surface area contributed by atoms with Crippen LogP contribution in [0.4, 0.5) is 10.5 Å². The molecule has 1 saturated heterocycles. The molecule has 110 valence electrons. The fraction of sp³-hybridized carbons (Fsp3) is 0.533. The Labute approximate surface area is 121 Å². The minimum absolute atomic E-state index is 0.0584. The number of rotatable bonds is 4. The summed E-state index contributed by atoms with van der Waals surface area (Å²) >= 11 is 0. The summed E-state index contributed by atoms with van der Waals surface area (Å²) in [4.78, 5) is 14.7. The molecular formula is C15H24N4O. The molecule has 0 unspecified atom stereocenters. The molecular weight excluding hydrogens is 252 g/mol. The van der Waals surface area contributed by atoms with Crippen LogP contribution in [0.3, 0.4) is 0 Å². The molecule has 1 aromatic rings. The van der Waals surface area contributed by atoms with E-state index in [1.807, 2.05) is 54.1 Å². The van der Waals surface area contributed by atoms with Gasteiger partial charge < -0.3 is 10.2 Å². The van der Waals surface area contributed by atoms with Gasteiger partial charge >= 0.3 is 6.03 Å². The van der Waals surface area contributed by atoms with Gasteiger partial charge in [0.2, 0.25) is 0 Å². The smallest absolute Gasteiger partial charge is 0.324 e. The first-order valence-corrected chi connectivity index (χ1v) is 7.37. The number of amides is 2. The number of carbonyl (C=O) groups is 1. The molecule has 2 rings (SSSR count). The third-order valence-corrected chi connectivity index (χ3v) is 3.59. The summed E-state index contributed by atoms with van der Waals surface area (Å²) in [5.41, 5.74) is 0.936. The van der Waals surface area contributed by atoms with Gasteiger partial charge in [0.15, 0.2) is 0 Å². The molecule has 0 bridgehead atoms. The molecule has 20 heavy (non-hydrogen) atoms. The van der Waals surface area contributed by atoms with Crippen molar-refractivity contribution in [1.29, 1.82) is 0 Å². The zero-order valence-electron chi connectivity index (χ0n) is 12.4. The fourth-order valence-electron chi connectivity index (χ4n) is 2.45. The predicted octanol–water partition coefficient (Wildman–Crippen LogP) is 1.77. The average Bonchev–Trinajstić information content (AvgIpc) is 2.51. The highest BCUT2D eigenvalue weighted by Gasteiger charge is 2.27. The monoisotopic (exact) mass is 276 g/mol. The van der Waals surface area contributed by atoms with Crippen LogP contribution in [0.15, 0.2) is 30.3 Å². The summed E-state index contributed by atoms with van der Waals surface area (Å²) in [7, 11) is 0. The number of anilines is 1. The molecule has 0 radical (unpaired) electrons. The number of carbonyl (C=O) groups excluding carboxylic acids is 1. The minimum Gasteiger partial charge on any atom is -0.324 e. The zero-order valence-corrected chi connectivity index (χ0v) is 12.4. The standard InChI is InChI=1S/C15H24N4O/c1-3-17(4-2)15(20)19(14-8-6-5-7-9-14)18-12-10-16-11-13-18/h5-9,16H,3-4,10-13H2,1-2H3. The van der Waals surface area contributed by atoms with Gasteiger partial charge in [-0.25, -0.2) is 14.8 Å². The molecule has 5 heteroatoms. The third kappa shape index (κ3) is 3.29. The average molecular weight is 276 g/mol. The number of hydrazine groups is 1. The molecule has 1 N–H and O–H groups in total. The second-order valence-electron chi connectivity index (χ2n) is 4.81. The third-order valence-electron chi connectivity index (χ3n) is 3.59. The molecule has 0 aliphatic carbocycles. The van der Waals surface area contributed by atoms with E-state index in [1.165, 1.54) is 0 Å². The SMILES string of the molecule is CCN(CC)C(=O)N(c1ccccc1)N1CCNCC1. The van der Waals surface area contributed by atoms with Crippen molar-refractivity contribution in [3.05, 3.63) is 30.3 Å². The van der Waals surface area contributed by atoms with Gasteiger partial charge in [-0.2, -0.15) is 0 Å². The van der Waals surface area contributed by atoms with E-state index in [1.54, 1.807) is 0 Å². The number of hydrogen-bond acceptors (Lipinski definition) is 3. The van der Waals surface area contributed by atoms with Crippen LogP contribution in [0.25, 0.3) is 0 Å². The zero-order chi connectivity index (χ0) is 14.4. The first-order valence-electron chi connectivity index (χ1n) is 7.37. The van der Waals surface area contributed by atoms with Gasteiger partial charge in [-0.1, -0.05) is 18.2 Å². The minimum atomic E-state index is 0.0584. The number of para-hydroxylation sites is 1. The van der Waals surface area contributed by atoms with Gasteiger partial charge in [-0.15, -0.1) is 0 Å². The lowest BCUT2D eigenvalue weighted by Gasteiger charge is -2.39. The summed E-state index contributed by atoms with van der Waals surface area (Å²) in [6.07, 6.45) is 0. The van der Waals surface area contributed by atoms with Crippen molar-refractivity contribution >= 4 is 11.7 Å². The van der Waals surface area contributed by atoms with E-state index in [2.05, 4.69) is 10.3 Å². The summed E-state index contributed by atoms with van der Waals surface area (Å²) in [6.45, 7) is 9.01. The Hall–Kier alpha value is -1.59. The Morgan fingerprint density at radius 1 is 1.15 bits per heavy atom. The molecule has 1 aliphatic heterocycles. The number of benzene rings is 1. The maximum atomic E-state index is 12.8. The molecule has 0 aromatic heterocycles. The van der Waals surface area contributed by atoms with Crippen LogP contribution in [0.1, 0.15) is 13.8 Å². The second-order valence-corrected chi connectivity index (χ2v) is 4.81. The van der Waals surface area contributed by atoms with E-state index in [0.29, 0.717) is 0 Å². The number of hydrogen-bond donors (Lipinski definition) is 1. The summed E-state index contributed by atoms with van der Waals surface area (Å²) in [6, 6.07) is 9.96. The van der Waals surface area contributed by atoms with Crippen LogP contribution in [-0.2, 0) is 0 Å². The van der Waals surface area contributed by atoms with Crippen LogP contribution in [0.5, 0.6) is 0 Å². The molecule has 5 nitrogen and oxygen atoms in total. The topological polar surface area (TPSA) is 38.8 Å². The van der Waals surface area contributed by atoms with Crippen molar-refractivity contribution in [3.8, 4) is 0 Å². The number of nitrogens with zero attached hydrogens (tertiary/aromatic N) is 3. The lowest BCUT2D eigenvalue weighted by molar-refractivity contribution is 0.169. The van der Waals surface area contributed by atoms with Crippen molar-refractivity contribution in [2.75, 3.05) is 44.3 Å². The van der Waals surface area contributed by atoms with Gasteiger partial charge in [0.05, 0.1) is 5.69 Å². The molecule has 0 atom stereocenters. The summed E-state index contributed by atoms with van der Waals surface area (Å²) in [5.74, 6) is 0. The van der Waals surface area contributed by atoms with Crippen LogP contribution in [-0.4, -0.2) is 55.2 Å². The van der Waals surface area contributed by atoms with Gasteiger partial charge in [0.25, 0.3) is 0 Å². The Morgan fingerprint density at radius 2 is 1.75 bits per heavy atom. The predicted molar refractivity (Wildman–Crippen MR) is 81.7 cm³/mol. The first kappa shape index (κ1) is 14.8. The molecule has 1 aliphatic rings. The van der Waals surface area contributed by atoms with Crippen molar-refractivity contribution in [2.24, 2.45) is 0 Å². The lowest BCUT2D eigenvalue weighted by Crippen LogP contribution is -2.58. The van der Waals surface area contributed by atoms with E-state index in [-0.39, 0.29) is 6.03 Å². The Bertz CT molecular complexity index is 413. The molecule has 1 heterocycles. The van der Waals surface area contributed by atoms with Gasteiger partial charge in [0, 0.05) is 39.3 Å². The normalized spacial score (nSPS) is 15.9. The number of nitrogens with one attached hydrogen (secondary N) is 1. The lowest BCUT2D eigenvalue weighted by atomic mass is 10.3. The molecule has 2 amide bonds. The Kier molecular flexibility index (Phi) is 5.38. The number of urea groups is 1. The molecule has 1 fully saturated rings. The summed E-state index contributed by atoms with van der Waals surface area (Å²) in [5, 5.41) is 7.28. The van der Waals surface area contributed by atoms with E-state index < -0.39 is 0 Å². The van der Waals surface area contributed by atoms with Crippen LogP contribution in [0.2, 0.25) is 0 Å². The highest BCUT2D eigenvalue weighted by molar-refractivity contribution is 5.91. The second kappa shape index (κ2) is 7.26. The van der Waals surface area contributed by atoms with E-state index in [4.69, 9.17) is 0 Å². The quantitative estimate of drug-likeness (QED) is 0.911. The van der Waals surface area contributed by atoms with Crippen molar-refractivity contribution < 1.29 is 4.79 Å². The molecule has 0 spiro atoms. The highest BCUT2D eigenvalue weighted by atomic mass is 16.2. The first-order chi connectivity index (χ1) is 9.77. The maximum absolute atomic E-state index is 12.8. The van der Waals surface area contributed by atoms with Crippen molar-refractivity contribution in [3.63, 3.8) is 0 Å². The Morgan fingerprint density at radius 3 is 2.30 bits per heavy atom. The van der Waals surface area contributed by atoms with Gasteiger partial charge in [-0.3, -0.25) is 0 Å². The molecule has 0 saturated carbocycles. The maximum Gasteiger partial charge on any atom is 0.339 e. The van der Waals surface area contributed by atoms with Crippen LogP contribution in [0, 0.1) is 0 Å². The van der Waals surface area contributed by atoms with Crippen molar-refractivity contribution in [2.45, 2.75) is 13.8 Å². The van der Waals surface area contributed by atoms with E-state index in [0.717, 1.165) is 45.0 Å². The Balaban J connectivity index is 2.26. The van der Waals surface area contributed by atoms with Crippen LogP contribution >= 0.6 is 0 Å². The van der Waals surface area contributed by atoms with Crippen LogP contribution < -0.4 is 10.3 Å². The highest BCUT2D eigenvalue weighted by Crippen LogP contribution is 2.18. The van der Waals surface area contributed by atoms with Crippen molar-refractivity contribution in [1.82, 2.24) is 15.2 Å². The summed E-state index contributed by atoms with van der Waals surface area (Å²) < 4.78 is 0. The van der Waals surface area contributed by atoms with Gasteiger partial charge in [0.1, 0.15) is 0 Å². The van der Waals surface area contributed by atoms with Gasteiger partial charge in [-0.05, 0) is 26.0 Å².